The van der Waals surface area contributed by atoms with Gasteiger partial charge in [0.25, 0.3) is 0 Å². The van der Waals surface area contributed by atoms with Gasteiger partial charge < -0.3 is 10.2 Å². The summed E-state index contributed by atoms with van der Waals surface area (Å²) < 4.78 is 0. The molecule has 0 saturated heterocycles. The predicted molar refractivity (Wildman–Crippen MR) is 61.9 cm³/mol. The molecule has 1 rings (SSSR count). The molecule has 1 unspecified atom stereocenters. The molecule has 0 spiro atoms. The molecule has 0 amide bonds. The van der Waals surface area contributed by atoms with Crippen molar-refractivity contribution in [3.63, 3.8) is 0 Å². The number of aryl methyl sites for hydroxylation is 1. The van der Waals surface area contributed by atoms with Crippen molar-refractivity contribution >= 4 is 0 Å². The highest BCUT2D eigenvalue weighted by molar-refractivity contribution is 5.35. The number of hydrogen-bond acceptors (Lipinski definition) is 2. The van der Waals surface area contributed by atoms with Gasteiger partial charge in [0, 0.05) is 0 Å². The first-order valence-electron chi connectivity index (χ1n) is 5.26. The Balaban J connectivity index is 3.17. The highest BCUT2D eigenvalue weighted by atomic mass is 16.3. The number of aliphatic hydroxyl groups excluding tert-OH is 2. The Morgan fingerprint density at radius 3 is 2.33 bits per heavy atom. The van der Waals surface area contributed by atoms with Crippen molar-refractivity contribution in [3.05, 3.63) is 34.9 Å². The lowest BCUT2D eigenvalue weighted by molar-refractivity contribution is 0.0950. The van der Waals surface area contributed by atoms with Gasteiger partial charge in [0.05, 0.1) is 6.61 Å². The Bertz CT molecular complexity index is 337. The zero-order valence-electron chi connectivity index (χ0n) is 9.91. The molecule has 15 heavy (non-hydrogen) atoms. The third-order valence-electron chi connectivity index (χ3n) is 2.68. The van der Waals surface area contributed by atoms with Crippen LogP contribution < -0.4 is 0 Å². The van der Waals surface area contributed by atoms with E-state index in [1.807, 2.05) is 19.1 Å². The second kappa shape index (κ2) is 4.33. The van der Waals surface area contributed by atoms with E-state index < -0.39 is 6.10 Å². The first-order chi connectivity index (χ1) is 6.86. The van der Waals surface area contributed by atoms with Crippen LogP contribution in [0.5, 0.6) is 0 Å². The van der Waals surface area contributed by atoms with Gasteiger partial charge in [-0.25, -0.2) is 0 Å². The van der Waals surface area contributed by atoms with Gasteiger partial charge in [0.2, 0.25) is 0 Å². The maximum Gasteiger partial charge on any atom is 0.102 e. The molecule has 0 bridgehead atoms. The van der Waals surface area contributed by atoms with E-state index in [1.54, 1.807) is 0 Å². The lowest BCUT2D eigenvalue weighted by atomic mass is 9.84. The Morgan fingerprint density at radius 2 is 1.87 bits per heavy atom. The van der Waals surface area contributed by atoms with Gasteiger partial charge in [-0.15, -0.1) is 0 Å². The summed E-state index contributed by atoms with van der Waals surface area (Å²) in [4.78, 5) is 0. The highest BCUT2D eigenvalue weighted by Gasteiger charge is 2.17. The van der Waals surface area contributed by atoms with E-state index in [1.165, 1.54) is 5.56 Å². The molecule has 2 heteroatoms. The zero-order chi connectivity index (χ0) is 11.6. The molecular weight excluding hydrogens is 188 g/mol. The van der Waals surface area contributed by atoms with E-state index in [-0.39, 0.29) is 12.0 Å². The predicted octanol–water partition coefficient (Wildman–Crippen LogP) is 2.32. The average molecular weight is 208 g/mol. The number of hydrogen-bond donors (Lipinski definition) is 2. The van der Waals surface area contributed by atoms with E-state index in [9.17, 15) is 5.11 Å². The van der Waals surface area contributed by atoms with Crippen molar-refractivity contribution in [1.29, 1.82) is 0 Å². The van der Waals surface area contributed by atoms with Gasteiger partial charge in [-0.05, 0) is 29.0 Å². The molecule has 0 aliphatic heterocycles. The van der Waals surface area contributed by atoms with Crippen LogP contribution in [0.25, 0.3) is 0 Å². The quantitative estimate of drug-likeness (QED) is 0.783. The normalized spacial score (nSPS) is 14.0. The smallest absolute Gasteiger partial charge is 0.102 e. The average Bonchev–Trinajstić information content (AvgIpc) is 2.15. The van der Waals surface area contributed by atoms with E-state index in [0.29, 0.717) is 0 Å². The van der Waals surface area contributed by atoms with E-state index in [0.717, 1.165) is 11.1 Å². The van der Waals surface area contributed by atoms with E-state index in [4.69, 9.17) is 5.11 Å². The molecule has 2 nitrogen and oxygen atoms in total. The molecule has 0 saturated carbocycles. The fourth-order valence-corrected chi connectivity index (χ4v) is 1.56. The molecule has 1 aromatic rings. The van der Waals surface area contributed by atoms with E-state index in [2.05, 4.69) is 26.8 Å². The second-order valence-corrected chi connectivity index (χ2v) is 5.02. The minimum absolute atomic E-state index is 0.0671. The van der Waals surface area contributed by atoms with Crippen LogP contribution in [-0.2, 0) is 5.41 Å². The Kier molecular flexibility index (Phi) is 3.53. The number of benzene rings is 1. The number of rotatable bonds is 2. The second-order valence-electron chi connectivity index (χ2n) is 5.02. The fourth-order valence-electron chi connectivity index (χ4n) is 1.56. The SMILES string of the molecule is Cc1ccc(C(C)(C)C)cc1C(O)CO. The monoisotopic (exact) mass is 208 g/mol. The first kappa shape index (κ1) is 12.2. The molecule has 2 N–H and O–H groups in total. The fraction of sp³-hybridized carbons (Fsp3) is 0.538. The summed E-state index contributed by atoms with van der Waals surface area (Å²) in [6.45, 7) is 8.11. The molecule has 1 aromatic carbocycles. The molecule has 0 aliphatic carbocycles. The molecule has 0 aromatic heterocycles. The molecule has 0 heterocycles. The first-order valence-corrected chi connectivity index (χ1v) is 5.26. The summed E-state index contributed by atoms with van der Waals surface area (Å²) >= 11 is 0. The molecule has 1 atom stereocenters. The van der Waals surface area contributed by atoms with Gasteiger partial charge in [-0.2, -0.15) is 0 Å². The molecule has 0 radical (unpaired) electrons. The molecular formula is C13H20O2. The largest absolute Gasteiger partial charge is 0.393 e. The summed E-state index contributed by atoms with van der Waals surface area (Å²) in [5.41, 5.74) is 3.09. The molecule has 0 fully saturated rings. The third-order valence-corrected chi connectivity index (χ3v) is 2.68. The highest BCUT2D eigenvalue weighted by Crippen LogP contribution is 2.27. The van der Waals surface area contributed by atoms with Crippen LogP contribution in [0.4, 0.5) is 0 Å². The maximum absolute atomic E-state index is 9.65. The Morgan fingerprint density at radius 1 is 1.27 bits per heavy atom. The van der Waals surface area contributed by atoms with Crippen molar-refractivity contribution in [3.8, 4) is 0 Å². The minimum atomic E-state index is -0.771. The van der Waals surface area contributed by atoms with Crippen LogP contribution in [0.1, 0.15) is 43.6 Å². The van der Waals surface area contributed by atoms with Crippen LogP contribution in [-0.4, -0.2) is 16.8 Å². The number of aliphatic hydroxyl groups is 2. The summed E-state index contributed by atoms with van der Waals surface area (Å²) in [7, 11) is 0. The lowest BCUT2D eigenvalue weighted by Crippen LogP contribution is -2.13. The Hall–Kier alpha value is -0.860. The maximum atomic E-state index is 9.65. The summed E-state index contributed by atoms with van der Waals surface area (Å²) in [5.74, 6) is 0. The summed E-state index contributed by atoms with van der Waals surface area (Å²) in [6, 6.07) is 6.05. The minimum Gasteiger partial charge on any atom is -0.393 e. The summed E-state index contributed by atoms with van der Waals surface area (Å²) in [6.07, 6.45) is -0.771. The topological polar surface area (TPSA) is 40.5 Å². The molecule has 84 valence electrons. The lowest BCUT2D eigenvalue weighted by Gasteiger charge is -2.22. The van der Waals surface area contributed by atoms with Crippen molar-refractivity contribution < 1.29 is 10.2 Å². The van der Waals surface area contributed by atoms with E-state index >= 15 is 0 Å². The van der Waals surface area contributed by atoms with Crippen LogP contribution in [0.3, 0.4) is 0 Å². The van der Waals surface area contributed by atoms with Crippen LogP contribution in [0, 0.1) is 6.92 Å². The van der Waals surface area contributed by atoms with Gasteiger partial charge in [-0.1, -0.05) is 39.0 Å². The van der Waals surface area contributed by atoms with Gasteiger partial charge in [-0.3, -0.25) is 0 Å². The van der Waals surface area contributed by atoms with Crippen molar-refractivity contribution in [2.24, 2.45) is 0 Å². The van der Waals surface area contributed by atoms with Crippen LogP contribution in [0.2, 0.25) is 0 Å². The van der Waals surface area contributed by atoms with Crippen molar-refractivity contribution in [2.75, 3.05) is 6.61 Å². The summed E-state index contributed by atoms with van der Waals surface area (Å²) in [5, 5.41) is 18.6. The molecule has 0 aliphatic rings. The Labute approximate surface area is 91.6 Å². The third kappa shape index (κ3) is 2.80. The van der Waals surface area contributed by atoms with Crippen LogP contribution >= 0.6 is 0 Å². The van der Waals surface area contributed by atoms with Crippen LogP contribution in [0.15, 0.2) is 18.2 Å². The van der Waals surface area contributed by atoms with Crippen molar-refractivity contribution in [2.45, 2.75) is 39.2 Å². The van der Waals surface area contributed by atoms with Gasteiger partial charge >= 0.3 is 0 Å². The van der Waals surface area contributed by atoms with Crippen molar-refractivity contribution in [1.82, 2.24) is 0 Å². The van der Waals surface area contributed by atoms with Gasteiger partial charge in [0.15, 0.2) is 0 Å². The van der Waals surface area contributed by atoms with Gasteiger partial charge in [0.1, 0.15) is 6.10 Å². The zero-order valence-corrected chi connectivity index (χ0v) is 9.91. The standard InChI is InChI=1S/C13H20O2/c1-9-5-6-10(13(2,3)4)7-11(9)12(15)8-14/h5-7,12,14-15H,8H2,1-4H3.